The molecule has 0 aromatic carbocycles. The van der Waals surface area contributed by atoms with Gasteiger partial charge in [0.15, 0.2) is 0 Å². The first kappa shape index (κ1) is 17.1. The summed E-state index contributed by atoms with van der Waals surface area (Å²) in [5.41, 5.74) is 7.18. The van der Waals surface area contributed by atoms with Gasteiger partial charge in [0.25, 0.3) is 0 Å². The zero-order valence-corrected chi connectivity index (χ0v) is 14.5. The summed E-state index contributed by atoms with van der Waals surface area (Å²) in [4.78, 5) is 11.8. The Bertz CT molecular complexity index is 498. The van der Waals surface area contributed by atoms with Crippen molar-refractivity contribution in [2.24, 2.45) is 11.1 Å². The Morgan fingerprint density at radius 3 is 2.62 bits per heavy atom. The molecule has 1 aliphatic carbocycles. The van der Waals surface area contributed by atoms with Crippen molar-refractivity contribution < 1.29 is 9.53 Å². The van der Waals surface area contributed by atoms with Crippen molar-refractivity contribution in [3.8, 4) is 0 Å². The van der Waals surface area contributed by atoms with Crippen molar-refractivity contribution in [3.05, 3.63) is 20.3 Å². The standard InChI is InChI=1S/C15H21Cl2NO2S/c1-20-13(19)9-15(5-3-2-4-6-15)8-11(18)10-7-12(16)21-14(10)17/h7,11H,2-6,8-9,18H2,1H3. The summed E-state index contributed by atoms with van der Waals surface area (Å²) < 4.78 is 6.17. The van der Waals surface area contributed by atoms with Crippen molar-refractivity contribution >= 4 is 40.5 Å². The van der Waals surface area contributed by atoms with E-state index in [4.69, 9.17) is 33.7 Å². The minimum absolute atomic E-state index is 0.0670. The largest absolute Gasteiger partial charge is 0.469 e. The maximum absolute atomic E-state index is 11.8. The fourth-order valence-electron chi connectivity index (χ4n) is 3.32. The number of carbonyl (C=O) groups excluding carboxylic acids is 1. The van der Waals surface area contributed by atoms with Crippen LogP contribution in [0.3, 0.4) is 0 Å². The van der Waals surface area contributed by atoms with Gasteiger partial charge in [-0.15, -0.1) is 11.3 Å². The average Bonchev–Trinajstić information content (AvgIpc) is 2.78. The van der Waals surface area contributed by atoms with Gasteiger partial charge in [0.05, 0.1) is 22.2 Å². The molecular formula is C15H21Cl2NO2S. The number of halogens is 2. The second-order valence-corrected chi connectivity index (χ2v) is 8.19. The number of hydrogen-bond acceptors (Lipinski definition) is 4. The molecule has 1 heterocycles. The van der Waals surface area contributed by atoms with Crippen LogP contribution in [0.1, 0.15) is 56.6 Å². The molecule has 21 heavy (non-hydrogen) atoms. The number of nitrogens with two attached hydrogens (primary N) is 1. The molecule has 1 aliphatic rings. The van der Waals surface area contributed by atoms with Gasteiger partial charge in [-0.2, -0.15) is 0 Å². The highest BCUT2D eigenvalue weighted by molar-refractivity contribution is 7.20. The molecule has 1 unspecified atom stereocenters. The summed E-state index contributed by atoms with van der Waals surface area (Å²) in [6.07, 6.45) is 6.73. The van der Waals surface area contributed by atoms with Crippen molar-refractivity contribution in [1.82, 2.24) is 0 Å². The fourth-order valence-corrected chi connectivity index (χ4v) is 4.91. The molecule has 1 atom stereocenters. The Hall–Kier alpha value is -0.290. The van der Waals surface area contributed by atoms with Gasteiger partial charge in [-0.1, -0.05) is 42.5 Å². The highest BCUT2D eigenvalue weighted by atomic mass is 35.5. The molecule has 1 saturated carbocycles. The number of methoxy groups -OCH3 is 1. The van der Waals surface area contributed by atoms with Crippen LogP contribution in [-0.4, -0.2) is 13.1 Å². The summed E-state index contributed by atoms with van der Waals surface area (Å²) >= 11 is 13.5. The second-order valence-electron chi connectivity index (χ2n) is 5.90. The monoisotopic (exact) mass is 349 g/mol. The van der Waals surface area contributed by atoms with E-state index in [0.29, 0.717) is 15.1 Å². The van der Waals surface area contributed by atoms with Gasteiger partial charge in [0.1, 0.15) is 0 Å². The molecule has 2 rings (SSSR count). The predicted molar refractivity (Wildman–Crippen MR) is 88.0 cm³/mol. The predicted octanol–water partition coefficient (Wildman–Crippen LogP) is 4.96. The van der Waals surface area contributed by atoms with Crippen molar-refractivity contribution in [2.75, 3.05) is 7.11 Å². The topological polar surface area (TPSA) is 52.3 Å². The maximum Gasteiger partial charge on any atom is 0.306 e. The first-order valence-corrected chi connectivity index (χ1v) is 8.80. The van der Waals surface area contributed by atoms with E-state index in [-0.39, 0.29) is 17.4 Å². The van der Waals surface area contributed by atoms with Gasteiger partial charge in [0, 0.05) is 6.04 Å². The Morgan fingerprint density at radius 2 is 2.10 bits per heavy atom. The molecule has 0 saturated heterocycles. The number of ether oxygens (including phenoxy) is 1. The minimum Gasteiger partial charge on any atom is -0.469 e. The van der Waals surface area contributed by atoms with E-state index in [2.05, 4.69) is 0 Å². The molecule has 0 aliphatic heterocycles. The van der Waals surface area contributed by atoms with Gasteiger partial charge in [-0.25, -0.2) is 0 Å². The number of rotatable bonds is 5. The molecule has 2 N–H and O–H groups in total. The molecule has 0 amide bonds. The van der Waals surface area contributed by atoms with E-state index in [1.54, 1.807) is 0 Å². The Kier molecular flexibility index (Phi) is 5.95. The molecule has 0 spiro atoms. The molecule has 0 bridgehead atoms. The van der Waals surface area contributed by atoms with Crippen LogP contribution < -0.4 is 5.73 Å². The fraction of sp³-hybridized carbons (Fsp3) is 0.667. The van der Waals surface area contributed by atoms with Crippen LogP contribution >= 0.6 is 34.5 Å². The number of esters is 1. The lowest BCUT2D eigenvalue weighted by atomic mass is 9.68. The molecular weight excluding hydrogens is 329 g/mol. The number of hydrogen-bond donors (Lipinski definition) is 1. The summed E-state index contributed by atoms with van der Waals surface area (Å²) in [6.45, 7) is 0. The lowest BCUT2D eigenvalue weighted by Gasteiger charge is -2.38. The van der Waals surface area contributed by atoms with E-state index in [1.807, 2.05) is 6.07 Å². The number of carbonyl (C=O) groups is 1. The normalized spacial score (nSPS) is 19.2. The van der Waals surface area contributed by atoms with Gasteiger partial charge in [-0.3, -0.25) is 4.79 Å². The van der Waals surface area contributed by atoms with Crippen LogP contribution in [0.4, 0.5) is 0 Å². The lowest BCUT2D eigenvalue weighted by Crippen LogP contribution is -2.32. The molecule has 1 aromatic heterocycles. The van der Waals surface area contributed by atoms with Gasteiger partial charge in [-0.05, 0) is 36.3 Å². The van der Waals surface area contributed by atoms with Gasteiger partial charge >= 0.3 is 5.97 Å². The van der Waals surface area contributed by atoms with Gasteiger partial charge in [0.2, 0.25) is 0 Å². The van der Waals surface area contributed by atoms with Crippen LogP contribution in [0.2, 0.25) is 8.67 Å². The summed E-state index contributed by atoms with van der Waals surface area (Å²) in [7, 11) is 1.44. The summed E-state index contributed by atoms with van der Waals surface area (Å²) in [6, 6.07) is 1.65. The van der Waals surface area contributed by atoms with Crippen LogP contribution in [0, 0.1) is 5.41 Å². The van der Waals surface area contributed by atoms with E-state index in [1.165, 1.54) is 24.9 Å². The summed E-state index contributed by atoms with van der Waals surface area (Å²) in [5.74, 6) is -0.154. The van der Waals surface area contributed by atoms with Crippen LogP contribution in [-0.2, 0) is 9.53 Å². The third kappa shape index (κ3) is 4.35. The number of thiophene rings is 1. The SMILES string of the molecule is COC(=O)CC1(CC(N)c2cc(Cl)sc2Cl)CCCCC1. The first-order chi connectivity index (χ1) is 9.96. The van der Waals surface area contributed by atoms with E-state index < -0.39 is 0 Å². The molecule has 6 heteroatoms. The molecule has 1 fully saturated rings. The van der Waals surface area contributed by atoms with Crippen LogP contribution in [0.5, 0.6) is 0 Å². The lowest BCUT2D eigenvalue weighted by molar-refractivity contribution is -0.144. The second kappa shape index (κ2) is 7.32. The van der Waals surface area contributed by atoms with Crippen molar-refractivity contribution in [2.45, 2.75) is 51.0 Å². The Labute approximate surface area is 139 Å². The highest BCUT2D eigenvalue weighted by Gasteiger charge is 2.37. The molecule has 0 radical (unpaired) electrons. The van der Waals surface area contributed by atoms with Crippen LogP contribution in [0.25, 0.3) is 0 Å². The maximum atomic E-state index is 11.8. The van der Waals surface area contributed by atoms with Crippen LogP contribution in [0.15, 0.2) is 6.07 Å². The zero-order chi connectivity index (χ0) is 15.5. The third-order valence-electron chi connectivity index (χ3n) is 4.40. The van der Waals surface area contributed by atoms with E-state index >= 15 is 0 Å². The Morgan fingerprint density at radius 1 is 1.43 bits per heavy atom. The average molecular weight is 350 g/mol. The molecule has 118 valence electrons. The zero-order valence-electron chi connectivity index (χ0n) is 12.2. The smallest absolute Gasteiger partial charge is 0.306 e. The van der Waals surface area contributed by atoms with Gasteiger partial charge < -0.3 is 10.5 Å². The van der Waals surface area contributed by atoms with E-state index in [0.717, 1.165) is 37.7 Å². The first-order valence-electron chi connectivity index (χ1n) is 7.23. The Balaban J connectivity index is 2.14. The quantitative estimate of drug-likeness (QED) is 0.764. The minimum atomic E-state index is -0.191. The van der Waals surface area contributed by atoms with E-state index in [9.17, 15) is 4.79 Å². The summed E-state index contributed by atoms with van der Waals surface area (Å²) in [5, 5.41) is 0. The molecule has 1 aromatic rings. The highest BCUT2D eigenvalue weighted by Crippen LogP contribution is 2.47. The molecule has 3 nitrogen and oxygen atoms in total. The third-order valence-corrected chi connectivity index (χ3v) is 5.91. The van der Waals surface area contributed by atoms with Crippen molar-refractivity contribution in [1.29, 1.82) is 0 Å². The van der Waals surface area contributed by atoms with Crippen molar-refractivity contribution in [3.63, 3.8) is 0 Å².